The van der Waals surface area contributed by atoms with Crippen molar-refractivity contribution >= 4 is 54.0 Å². The van der Waals surface area contributed by atoms with E-state index in [2.05, 4.69) is 139 Å². The van der Waals surface area contributed by atoms with Crippen molar-refractivity contribution < 1.29 is 19.2 Å². The van der Waals surface area contributed by atoms with Crippen LogP contribution in [0.1, 0.15) is 152 Å². The van der Waals surface area contributed by atoms with Crippen LogP contribution in [0.4, 0.5) is 0 Å². The van der Waals surface area contributed by atoms with Crippen molar-refractivity contribution in [2.75, 3.05) is 0 Å². The van der Waals surface area contributed by atoms with Crippen LogP contribution in [0.2, 0.25) is 0 Å². The van der Waals surface area contributed by atoms with Gasteiger partial charge in [0.1, 0.15) is 0 Å². The normalized spacial score (nSPS) is 10.6. The van der Waals surface area contributed by atoms with Gasteiger partial charge in [0, 0.05) is 0 Å². The van der Waals surface area contributed by atoms with Crippen molar-refractivity contribution in [2.24, 2.45) is 0 Å². The van der Waals surface area contributed by atoms with Crippen LogP contribution in [0.5, 0.6) is 0 Å². The number of hydrogen-bond acceptors (Lipinski definition) is 0. The number of halogens is 2. The maximum absolute atomic E-state index is 2.97. The van der Waals surface area contributed by atoms with E-state index < -0.39 is 0 Å². The molecule has 4 rings (SSSR count). The first-order valence-corrected chi connectivity index (χ1v) is 17.4. The van der Waals surface area contributed by atoms with Crippen LogP contribution in [0.15, 0.2) is 48.5 Å². The van der Waals surface area contributed by atoms with Crippen LogP contribution in [0, 0.1) is 14.9 Å². The summed E-state index contributed by atoms with van der Waals surface area (Å²) >= 11 is 1.81. The zero-order valence-corrected chi connectivity index (χ0v) is 33.1. The number of rotatable bonds is 6. The molecular weight excluding hydrogens is 603 g/mol. The molecule has 0 nitrogen and oxygen atoms in total. The van der Waals surface area contributed by atoms with Crippen molar-refractivity contribution in [2.45, 2.75) is 119 Å². The molecular formula is C38H58Cl2SiTi-4. The van der Waals surface area contributed by atoms with Gasteiger partial charge in [0.2, 0.25) is 0 Å². The molecule has 0 N–H and O–H groups in total. The number of fused-ring (bicyclic) bond motifs is 2. The molecule has 2 radical (unpaired) electrons. The van der Waals surface area contributed by atoms with Gasteiger partial charge in [-0.2, -0.15) is 12.1 Å². The summed E-state index contributed by atoms with van der Waals surface area (Å²) in [7, 11) is 2.97. The molecule has 0 spiro atoms. The molecule has 0 atom stereocenters. The molecule has 0 amide bonds. The van der Waals surface area contributed by atoms with Gasteiger partial charge in [-0.05, 0) is 35.5 Å². The Labute approximate surface area is 286 Å². The van der Waals surface area contributed by atoms with E-state index in [4.69, 9.17) is 0 Å². The predicted molar refractivity (Wildman–Crippen MR) is 197 cm³/mol. The van der Waals surface area contributed by atoms with Crippen LogP contribution < -0.4 is 0 Å². The Kier molecular flexibility index (Phi) is 22.0. The Balaban J connectivity index is -0.000000627. The van der Waals surface area contributed by atoms with Crippen molar-refractivity contribution in [1.29, 1.82) is 0 Å². The fraction of sp³-hybridized carbons (Fsp3) is 0.474. The third-order valence-electron chi connectivity index (χ3n) is 7.71. The van der Waals surface area contributed by atoms with Gasteiger partial charge in [-0.3, -0.25) is 0 Å². The van der Waals surface area contributed by atoms with Crippen molar-refractivity contribution in [3.63, 3.8) is 0 Å². The first kappa shape index (κ1) is 45.6. The van der Waals surface area contributed by atoms with Gasteiger partial charge in [-0.1, -0.05) is 117 Å². The Morgan fingerprint density at radius 1 is 0.452 bits per heavy atom. The summed E-state index contributed by atoms with van der Waals surface area (Å²) in [5.41, 5.74) is 8.87. The van der Waals surface area contributed by atoms with Crippen LogP contribution in [-0.4, -0.2) is 7.63 Å². The Morgan fingerprint density at radius 3 is 0.952 bits per heavy atom. The Bertz CT molecular complexity index is 1220. The van der Waals surface area contributed by atoms with Gasteiger partial charge < -0.3 is 14.9 Å². The van der Waals surface area contributed by atoms with Crippen molar-refractivity contribution in [1.82, 2.24) is 0 Å². The van der Waals surface area contributed by atoms with Gasteiger partial charge in [-0.15, -0.1) is 81.8 Å². The van der Waals surface area contributed by atoms with Crippen LogP contribution >= 0.6 is 24.8 Å². The fourth-order valence-corrected chi connectivity index (χ4v) is 5.08. The monoisotopic (exact) mass is 660 g/mol. The molecule has 4 heteroatoms. The standard InChI is InChI=1S/2C18H25.2CH3.2ClH.Si.Ti/c2*1-11(2)14-7-16-8-15(12(3)4)10-18(16)17(9-14)13(5)6;;;;;;/h2*7-13H,1-6H3;2*1H3;2*1H;;/q4*-1;;;;. The zero-order valence-electron chi connectivity index (χ0n) is 28.9. The van der Waals surface area contributed by atoms with Crippen LogP contribution in [0.25, 0.3) is 21.5 Å². The molecule has 42 heavy (non-hydrogen) atoms. The fourth-order valence-electron chi connectivity index (χ4n) is 5.08. The van der Waals surface area contributed by atoms with Crippen molar-refractivity contribution in [3.05, 3.63) is 96.8 Å². The first-order valence-electron chi connectivity index (χ1n) is 14.5. The molecule has 0 aliphatic carbocycles. The van der Waals surface area contributed by atoms with Gasteiger partial charge in [0.05, 0.1) is 0 Å². The van der Waals surface area contributed by atoms with Crippen molar-refractivity contribution in [3.8, 4) is 0 Å². The summed E-state index contributed by atoms with van der Waals surface area (Å²) in [6.07, 6.45) is 0. The van der Waals surface area contributed by atoms with Crippen LogP contribution in [0.3, 0.4) is 0 Å². The minimum absolute atomic E-state index is 0. The number of hydrogen-bond donors (Lipinski definition) is 0. The molecule has 4 aromatic rings. The quantitative estimate of drug-likeness (QED) is 0.143. The molecule has 236 valence electrons. The molecule has 0 saturated carbocycles. The van der Waals surface area contributed by atoms with E-state index in [1.54, 1.807) is 19.2 Å². The average molecular weight is 662 g/mol. The zero-order chi connectivity index (χ0) is 28.9. The Morgan fingerprint density at radius 2 is 0.738 bits per heavy atom. The van der Waals surface area contributed by atoms with E-state index in [1.165, 1.54) is 54.9 Å². The van der Waals surface area contributed by atoms with Gasteiger partial charge in [-0.25, -0.2) is 0 Å². The third-order valence-corrected chi connectivity index (χ3v) is 7.71. The Hall–Kier alpha value is -0.829. The van der Waals surface area contributed by atoms with E-state index >= 15 is 0 Å². The predicted octanol–water partition coefficient (Wildman–Crippen LogP) is 13.2. The maximum atomic E-state index is 2.97. The van der Waals surface area contributed by atoms with E-state index in [0.717, 1.165) is 0 Å². The summed E-state index contributed by atoms with van der Waals surface area (Å²) in [5.74, 6) is 3.61. The van der Waals surface area contributed by atoms with E-state index in [1.807, 2.05) is 0 Å². The molecule has 0 fully saturated rings. The summed E-state index contributed by atoms with van der Waals surface area (Å²) in [6, 6.07) is 19.1. The summed E-state index contributed by atoms with van der Waals surface area (Å²) in [5, 5.41) is 5.76. The SMILES string of the molecule is CC(C)c1cc(C(C)C)c2cc(C(C)C)[cH-]c2c1.CC(C)c1cc(C(C)C)c2cc(C(C)C)[cH-]c2c1.Cl.Cl.[CH3-].[CH3-].[Si]=[Ti]. The van der Waals surface area contributed by atoms with E-state index in [0.29, 0.717) is 35.5 Å². The second kappa shape index (κ2) is 20.2. The molecule has 0 saturated heterocycles. The minimum atomic E-state index is 0. The van der Waals surface area contributed by atoms with E-state index in [-0.39, 0.29) is 39.7 Å². The van der Waals surface area contributed by atoms with Gasteiger partial charge >= 0.3 is 26.8 Å². The topological polar surface area (TPSA) is 0 Å². The summed E-state index contributed by atoms with van der Waals surface area (Å²) in [6.45, 7) is 27.4. The molecule has 0 aliphatic rings. The molecule has 0 aromatic heterocycles. The second-order valence-corrected chi connectivity index (χ2v) is 12.7. The third kappa shape index (κ3) is 11.3. The summed E-state index contributed by atoms with van der Waals surface area (Å²) in [4.78, 5) is 0. The second-order valence-electron chi connectivity index (χ2n) is 12.7. The molecule has 0 heterocycles. The van der Waals surface area contributed by atoms with Crippen LogP contribution in [-0.2, 0) is 19.2 Å². The average Bonchev–Trinajstić information content (AvgIpc) is 3.48. The number of benzene rings is 2. The summed E-state index contributed by atoms with van der Waals surface area (Å²) < 4.78 is 0. The first-order chi connectivity index (χ1) is 17.8. The molecule has 0 unspecified atom stereocenters. The van der Waals surface area contributed by atoms with E-state index in [9.17, 15) is 0 Å². The van der Waals surface area contributed by atoms with Gasteiger partial charge in [0.25, 0.3) is 0 Å². The molecule has 0 aliphatic heterocycles. The molecule has 0 bridgehead atoms. The van der Waals surface area contributed by atoms with Gasteiger partial charge in [0.15, 0.2) is 0 Å². The molecule has 4 aromatic carbocycles.